The molecule has 7 heteroatoms. The molecule has 0 saturated heterocycles. The third kappa shape index (κ3) is 18.3. The molecule has 0 aliphatic rings. The van der Waals surface area contributed by atoms with E-state index in [4.69, 9.17) is 14.9 Å². The lowest BCUT2D eigenvalue weighted by Gasteiger charge is -2.19. The van der Waals surface area contributed by atoms with E-state index in [2.05, 4.69) is 19.1 Å². The molecule has 4 unspecified atom stereocenters. The molecule has 0 aromatic heterocycles. The number of carbonyl (C=O) groups excluding carboxylic acids is 1. The second-order valence-electron chi connectivity index (χ2n) is 8.44. The van der Waals surface area contributed by atoms with Crippen LogP contribution in [0.25, 0.3) is 0 Å². The Kier molecular flexibility index (Phi) is 20.2. The maximum absolute atomic E-state index is 12.2. The summed E-state index contributed by atoms with van der Waals surface area (Å²) in [4.78, 5) is 12.2. The van der Waals surface area contributed by atoms with Crippen molar-refractivity contribution in [2.24, 2.45) is 5.92 Å². The Morgan fingerprint density at radius 3 is 2.13 bits per heavy atom. The minimum absolute atomic E-state index is 0.119. The highest BCUT2D eigenvalue weighted by Gasteiger charge is 2.23. The van der Waals surface area contributed by atoms with Crippen LogP contribution in [0.2, 0.25) is 0 Å². The summed E-state index contributed by atoms with van der Waals surface area (Å²) in [6, 6.07) is 0. The van der Waals surface area contributed by atoms with Gasteiger partial charge in [-0.25, -0.2) is 0 Å². The van der Waals surface area contributed by atoms with Gasteiger partial charge in [-0.1, -0.05) is 64.0 Å². The quantitative estimate of drug-likeness (QED) is 0.104. The molecule has 0 spiro atoms. The van der Waals surface area contributed by atoms with Gasteiger partial charge in [-0.15, -0.1) is 0 Å². The number of aliphatic hydroxyl groups excluding tert-OH is 5. The molecule has 4 atom stereocenters. The number of aliphatic hydroxyl groups is 5. The molecule has 0 radical (unpaired) electrons. The molecule has 31 heavy (non-hydrogen) atoms. The van der Waals surface area contributed by atoms with Gasteiger partial charge in [0.05, 0.1) is 31.3 Å². The summed E-state index contributed by atoms with van der Waals surface area (Å²) < 4.78 is 5.01. The fourth-order valence-electron chi connectivity index (χ4n) is 3.39. The number of unbranched alkanes of at least 4 members (excludes halogenated alkanes) is 7. The molecule has 0 rings (SSSR count). The highest BCUT2D eigenvalue weighted by molar-refractivity contribution is 5.72. The maximum Gasteiger partial charge on any atom is 0.309 e. The predicted octanol–water partition coefficient (Wildman–Crippen LogP) is 2.86. The summed E-state index contributed by atoms with van der Waals surface area (Å²) in [5.74, 6) is -1.05. The van der Waals surface area contributed by atoms with Crippen LogP contribution in [0.3, 0.4) is 0 Å². The Hall–Kier alpha value is -0.990. The molecule has 184 valence electrons. The molecule has 0 bridgehead atoms. The number of hydrogen-bond donors (Lipinski definition) is 5. The molecule has 0 aliphatic carbocycles. The number of carbonyl (C=O) groups is 1. The van der Waals surface area contributed by atoms with E-state index in [0.717, 1.165) is 44.9 Å². The Morgan fingerprint density at radius 1 is 0.806 bits per heavy atom. The fraction of sp³-hybridized carbons (Fsp3) is 0.875. The zero-order valence-corrected chi connectivity index (χ0v) is 19.3. The van der Waals surface area contributed by atoms with Crippen molar-refractivity contribution in [1.29, 1.82) is 0 Å². The van der Waals surface area contributed by atoms with Crippen LogP contribution in [0.15, 0.2) is 12.2 Å². The third-order valence-corrected chi connectivity index (χ3v) is 5.37. The van der Waals surface area contributed by atoms with Gasteiger partial charge < -0.3 is 30.3 Å². The van der Waals surface area contributed by atoms with Crippen LogP contribution in [0.5, 0.6) is 0 Å². The first-order valence-corrected chi connectivity index (χ1v) is 12.0. The van der Waals surface area contributed by atoms with E-state index in [1.807, 2.05) is 0 Å². The fourth-order valence-corrected chi connectivity index (χ4v) is 3.39. The molecule has 0 heterocycles. The largest absolute Gasteiger partial charge is 0.463 e. The summed E-state index contributed by atoms with van der Waals surface area (Å²) in [5, 5.41) is 46.7. The van der Waals surface area contributed by atoms with Crippen molar-refractivity contribution in [3.63, 3.8) is 0 Å². The van der Waals surface area contributed by atoms with E-state index < -0.39 is 37.3 Å². The Balaban J connectivity index is 3.96. The van der Waals surface area contributed by atoms with Crippen molar-refractivity contribution in [2.45, 2.75) is 109 Å². The van der Waals surface area contributed by atoms with Gasteiger partial charge >= 0.3 is 5.97 Å². The van der Waals surface area contributed by atoms with Crippen LogP contribution >= 0.6 is 0 Å². The summed E-state index contributed by atoms with van der Waals surface area (Å²) >= 11 is 0. The Bertz CT molecular complexity index is 442. The van der Waals surface area contributed by atoms with Gasteiger partial charge in [-0.3, -0.25) is 4.79 Å². The van der Waals surface area contributed by atoms with Gasteiger partial charge in [-0.2, -0.15) is 0 Å². The zero-order chi connectivity index (χ0) is 23.3. The molecule has 5 N–H and O–H groups in total. The second kappa shape index (κ2) is 20.9. The van der Waals surface area contributed by atoms with Crippen LogP contribution in [0.1, 0.15) is 90.4 Å². The highest BCUT2D eigenvalue weighted by atomic mass is 16.5. The van der Waals surface area contributed by atoms with Gasteiger partial charge in [0, 0.05) is 0 Å². The standard InChI is InChI=1S/C24H46O7/c1-2-3-4-11-14-21(27)15-12-9-7-5-6-8-10-13-20(16-22(28)17-25)24(30)31-19-23(29)18-26/h9,12,20-23,25-29H,2-8,10-11,13-19H2,1H3/b12-9-. The van der Waals surface area contributed by atoms with Gasteiger partial charge in [0.1, 0.15) is 12.7 Å². The first-order chi connectivity index (χ1) is 14.9. The van der Waals surface area contributed by atoms with Crippen LogP contribution in [-0.4, -0.2) is 69.6 Å². The van der Waals surface area contributed by atoms with E-state index in [1.54, 1.807) is 0 Å². The molecule has 0 amide bonds. The highest BCUT2D eigenvalue weighted by Crippen LogP contribution is 2.19. The molecule has 0 aromatic carbocycles. The zero-order valence-electron chi connectivity index (χ0n) is 19.3. The Morgan fingerprint density at radius 2 is 1.45 bits per heavy atom. The number of allylic oxidation sites excluding steroid dienone is 1. The average molecular weight is 447 g/mol. The molecule has 0 fully saturated rings. The van der Waals surface area contributed by atoms with Crippen LogP contribution in [-0.2, 0) is 9.53 Å². The van der Waals surface area contributed by atoms with E-state index >= 15 is 0 Å². The number of hydrogen-bond acceptors (Lipinski definition) is 7. The SMILES string of the molecule is CCCCCCC(O)C/C=C\CCCCCCC(CC(O)CO)C(=O)OCC(O)CO. The minimum Gasteiger partial charge on any atom is -0.463 e. The summed E-state index contributed by atoms with van der Waals surface area (Å²) in [5.41, 5.74) is 0. The first kappa shape index (κ1) is 30.0. The average Bonchev–Trinajstić information content (AvgIpc) is 2.77. The lowest BCUT2D eigenvalue weighted by atomic mass is 9.94. The van der Waals surface area contributed by atoms with Crippen molar-refractivity contribution < 1.29 is 35.1 Å². The van der Waals surface area contributed by atoms with E-state index in [9.17, 15) is 20.1 Å². The lowest BCUT2D eigenvalue weighted by molar-refractivity contribution is -0.153. The summed E-state index contributed by atoms with van der Waals surface area (Å²) in [6.45, 7) is 1.01. The molecule has 0 saturated carbocycles. The van der Waals surface area contributed by atoms with Crippen molar-refractivity contribution in [3.8, 4) is 0 Å². The second-order valence-corrected chi connectivity index (χ2v) is 8.44. The van der Waals surface area contributed by atoms with Crippen LogP contribution in [0.4, 0.5) is 0 Å². The summed E-state index contributed by atoms with van der Waals surface area (Å²) in [7, 11) is 0. The molecular weight excluding hydrogens is 400 g/mol. The lowest BCUT2D eigenvalue weighted by Crippen LogP contribution is -2.28. The molecule has 0 aromatic rings. The van der Waals surface area contributed by atoms with Crippen molar-refractivity contribution in [2.75, 3.05) is 19.8 Å². The number of ether oxygens (including phenoxy) is 1. The molecule has 0 aliphatic heterocycles. The molecule has 7 nitrogen and oxygen atoms in total. The smallest absolute Gasteiger partial charge is 0.309 e. The van der Waals surface area contributed by atoms with Gasteiger partial charge in [0.25, 0.3) is 0 Å². The van der Waals surface area contributed by atoms with Crippen LogP contribution in [0, 0.1) is 5.92 Å². The van der Waals surface area contributed by atoms with Gasteiger partial charge in [-0.05, 0) is 38.5 Å². The first-order valence-electron chi connectivity index (χ1n) is 12.0. The Labute approximate surface area is 188 Å². The van der Waals surface area contributed by atoms with E-state index in [-0.39, 0.29) is 19.1 Å². The van der Waals surface area contributed by atoms with Crippen LogP contribution < -0.4 is 0 Å². The van der Waals surface area contributed by atoms with Gasteiger partial charge in [0.15, 0.2) is 0 Å². The predicted molar refractivity (Wildman–Crippen MR) is 121 cm³/mol. The van der Waals surface area contributed by atoms with Crippen molar-refractivity contribution in [3.05, 3.63) is 12.2 Å². The topological polar surface area (TPSA) is 127 Å². The monoisotopic (exact) mass is 446 g/mol. The van der Waals surface area contributed by atoms with Crippen molar-refractivity contribution in [1.82, 2.24) is 0 Å². The third-order valence-electron chi connectivity index (χ3n) is 5.37. The van der Waals surface area contributed by atoms with Crippen molar-refractivity contribution >= 4 is 5.97 Å². The van der Waals surface area contributed by atoms with E-state index in [0.29, 0.717) is 12.8 Å². The normalized spacial score (nSPS) is 15.7. The maximum atomic E-state index is 12.2. The minimum atomic E-state index is -1.11. The van der Waals surface area contributed by atoms with E-state index in [1.165, 1.54) is 19.3 Å². The molecular formula is C24H46O7. The number of esters is 1. The summed E-state index contributed by atoms with van der Waals surface area (Å²) in [6.07, 6.45) is 13.6. The number of rotatable bonds is 21. The van der Waals surface area contributed by atoms with Gasteiger partial charge in [0.2, 0.25) is 0 Å².